The number of carbonyl (C=O) groups excluding carboxylic acids is 2. The zero-order valence-electron chi connectivity index (χ0n) is 16.0. The summed E-state index contributed by atoms with van der Waals surface area (Å²) in [5.74, 6) is 1.26. The second kappa shape index (κ2) is 7.79. The van der Waals surface area contributed by atoms with E-state index < -0.39 is 0 Å². The first-order valence-corrected chi connectivity index (χ1v) is 10.2. The number of anilines is 1. The van der Waals surface area contributed by atoms with Crippen LogP contribution in [0.15, 0.2) is 18.2 Å². The Labute approximate surface area is 160 Å². The lowest BCUT2D eigenvalue weighted by Crippen LogP contribution is -2.45. The van der Waals surface area contributed by atoms with E-state index in [1.807, 2.05) is 30.0 Å². The first kappa shape index (κ1) is 18.1. The molecule has 1 unspecified atom stereocenters. The number of hydrogen-bond donors (Lipinski definition) is 0. The van der Waals surface area contributed by atoms with Crippen LogP contribution in [0.3, 0.4) is 0 Å². The molecule has 1 saturated carbocycles. The van der Waals surface area contributed by atoms with E-state index in [-0.39, 0.29) is 24.2 Å². The molecule has 0 aromatic heterocycles. The van der Waals surface area contributed by atoms with E-state index in [1.165, 1.54) is 19.3 Å². The van der Waals surface area contributed by atoms with Gasteiger partial charge in [0, 0.05) is 37.3 Å². The number of hydrogen-bond acceptors (Lipinski definition) is 4. The van der Waals surface area contributed by atoms with Crippen LogP contribution in [0.5, 0.6) is 11.5 Å². The Hall–Kier alpha value is -2.24. The number of carbonyl (C=O) groups is 2. The molecule has 146 valence electrons. The molecule has 1 atom stereocenters. The lowest BCUT2D eigenvalue weighted by molar-refractivity contribution is -0.138. The summed E-state index contributed by atoms with van der Waals surface area (Å²) in [7, 11) is 0. The molecular formula is C21H28N2O4. The summed E-state index contributed by atoms with van der Waals surface area (Å²) in [4.78, 5) is 29.5. The van der Waals surface area contributed by atoms with Gasteiger partial charge >= 0.3 is 0 Å². The molecule has 6 heteroatoms. The Bertz CT molecular complexity index is 714. The third kappa shape index (κ3) is 3.62. The maximum Gasteiger partial charge on any atom is 0.228 e. The van der Waals surface area contributed by atoms with E-state index in [2.05, 4.69) is 0 Å². The number of fused-ring (bicyclic) bond motifs is 1. The second-order valence-electron chi connectivity index (χ2n) is 7.65. The van der Waals surface area contributed by atoms with Crippen LogP contribution in [0, 0.1) is 5.92 Å². The quantitative estimate of drug-likeness (QED) is 0.815. The van der Waals surface area contributed by atoms with Crippen molar-refractivity contribution in [1.82, 2.24) is 4.90 Å². The van der Waals surface area contributed by atoms with Gasteiger partial charge < -0.3 is 19.3 Å². The molecular weight excluding hydrogens is 344 g/mol. The highest BCUT2D eigenvalue weighted by atomic mass is 16.6. The van der Waals surface area contributed by atoms with Gasteiger partial charge in [0.1, 0.15) is 13.2 Å². The molecule has 1 aliphatic carbocycles. The van der Waals surface area contributed by atoms with Gasteiger partial charge in [0.25, 0.3) is 0 Å². The number of nitrogens with zero attached hydrogens (tertiary/aromatic N) is 2. The molecule has 4 rings (SSSR count). The number of rotatable bonds is 4. The predicted molar refractivity (Wildman–Crippen MR) is 102 cm³/mol. The van der Waals surface area contributed by atoms with Crippen molar-refractivity contribution in [2.75, 3.05) is 31.2 Å². The van der Waals surface area contributed by atoms with Gasteiger partial charge in [0.2, 0.25) is 11.8 Å². The maximum atomic E-state index is 13.1. The van der Waals surface area contributed by atoms with E-state index >= 15 is 0 Å². The molecule has 6 nitrogen and oxygen atoms in total. The number of benzene rings is 1. The summed E-state index contributed by atoms with van der Waals surface area (Å²) in [5, 5.41) is 0. The van der Waals surface area contributed by atoms with Gasteiger partial charge in [0.05, 0.1) is 5.92 Å². The highest BCUT2D eigenvalue weighted by Gasteiger charge is 2.39. The Balaban J connectivity index is 1.47. The van der Waals surface area contributed by atoms with Crippen LogP contribution in [-0.2, 0) is 9.59 Å². The van der Waals surface area contributed by atoms with E-state index in [0.29, 0.717) is 37.3 Å². The molecule has 3 aliphatic rings. The summed E-state index contributed by atoms with van der Waals surface area (Å²) in [5.41, 5.74) is 0.778. The normalized spacial score (nSPS) is 22.8. The first-order chi connectivity index (χ1) is 13.2. The van der Waals surface area contributed by atoms with Crippen molar-refractivity contribution in [3.8, 4) is 11.5 Å². The summed E-state index contributed by atoms with van der Waals surface area (Å²) in [6.45, 7) is 4.26. The van der Waals surface area contributed by atoms with Crippen molar-refractivity contribution in [3.63, 3.8) is 0 Å². The smallest absolute Gasteiger partial charge is 0.228 e. The van der Waals surface area contributed by atoms with Crippen molar-refractivity contribution in [1.29, 1.82) is 0 Å². The molecule has 1 saturated heterocycles. The monoisotopic (exact) mass is 372 g/mol. The minimum absolute atomic E-state index is 0.00438. The predicted octanol–water partition coefficient (Wildman–Crippen LogP) is 2.99. The molecule has 0 N–H and O–H groups in total. The molecule has 1 aromatic rings. The standard InChI is InChI=1S/C21H28N2O4/c1-2-22(16-6-4-3-5-7-16)21(25)15-12-20(24)23(14-15)17-8-9-18-19(13-17)27-11-10-26-18/h8-9,13,15-16H,2-7,10-12,14H2,1H3. The number of ether oxygens (including phenoxy) is 2. The maximum absolute atomic E-state index is 13.1. The molecule has 2 heterocycles. The number of amides is 2. The van der Waals surface area contributed by atoms with Crippen LogP contribution in [0.4, 0.5) is 5.69 Å². The van der Waals surface area contributed by atoms with Crippen LogP contribution in [0.1, 0.15) is 45.4 Å². The average Bonchev–Trinajstić information content (AvgIpc) is 3.10. The lowest BCUT2D eigenvalue weighted by atomic mass is 9.93. The zero-order chi connectivity index (χ0) is 18.8. The minimum Gasteiger partial charge on any atom is -0.486 e. The van der Waals surface area contributed by atoms with Crippen molar-refractivity contribution in [2.24, 2.45) is 5.92 Å². The van der Waals surface area contributed by atoms with Gasteiger partial charge in [0.15, 0.2) is 11.5 Å². The molecule has 0 bridgehead atoms. The highest BCUT2D eigenvalue weighted by molar-refractivity contribution is 6.00. The van der Waals surface area contributed by atoms with Crippen LogP contribution in [0.2, 0.25) is 0 Å². The van der Waals surface area contributed by atoms with E-state index in [4.69, 9.17) is 9.47 Å². The molecule has 2 aliphatic heterocycles. The Morgan fingerprint density at radius 3 is 2.63 bits per heavy atom. The van der Waals surface area contributed by atoms with Gasteiger partial charge in [-0.25, -0.2) is 0 Å². The fourth-order valence-corrected chi connectivity index (χ4v) is 4.54. The Morgan fingerprint density at radius 1 is 1.15 bits per heavy atom. The fraction of sp³-hybridized carbons (Fsp3) is 0.619. The van der Waals surface area contributed by atoms with Crippen molar-refractivity contribution in [2.45, 2.75) is 51.5 Å². The highest BCUT2D eigenvalue weighted by Crippen LogP contribution is 2.36. The van der Waals surface area contributed by atoms with Crippen LogP contribution in [0.25, 0.3) is 0 Å². The molecule has 0 radical (unpaired) electrons. The van der Waals surface area contributed by atoms with E-state index in [0.717, 1.165) is 25.1 Å². The Kier molecular flexibility index (Phi) is 5.23. The van der Waals surface area contributed by atoms with Crippen LogP contribution < -0.4 is 14.4 Å². The molecule has 27 heavy (non-hydrogen) atoms. The molecule has 2 amide bonds. The molecule has 2 fully saturated rings. The van der Waals surface area contributed by atoms with E-state index in [1.54, 1.807) is 4.90 Å². The molecule has 1 aromatic carbocycles. The van der Waals surface area contributed by atoms with Crippen LogP contribution >= 0.6 is 0 Å². The summed E-state index contributed by atoms with van der Waals surface area (Å²) >= 11 is 0. The van der Waals surface area contributed by atoms with Crippen molar-refractivity contribution < 1.29 is 19.1 Å². The fourth-order valence-electron chi connectivity index (χ4n) is 4.54. The van der Waals surface area contributed by atoms with Gasteiger partial charge in [-0.1, -0.05) is 19.3 Å². The Morgan fingerprint density at radius 2 is 1.89 bits per heavy atom. The third-order valence-corrected chi connectivity index (χ3v) is 5.95. The molecule has 0 spiro atoms. The largest absolute Gasteiger partial charge is 0.486 e. The van der Waals surface area contributed by atoms with Gasteiger partial charge in [-0.15, -0.1) is 0 Å². The summed E-state index contributed by atoms with van der Waals surface area (Å²) in [6, 6.07) is 5.90. The summed E-state index contributed by atoms with van der Waals surface area (Å²) < 4.78 is 11.2. The lowest BCUT2D eigenvalue weighted by Gasteiger charge is -2.35. The first-order valence-electron chi connectivity index (χ1n) is 10.2. The third-order valence-electron chi connectivity index (χ3n) is 5.95. The minimum atomic E-state index is -0.257. The average molecular weight is 372 g/mol. The van der Waals surface area contributed by atoms with Crippen LogP contribution in [-0.4, -0.2) is 49.1 Å². The van der Waals surface area contributed by atoms with Crippen molar-refractivity contribution >= 4 is 17.5 Å². The second-order valence-corrected chi connectivity index (χ2v) is 7.65. The summed E-state index contributed by atoms with van der Waals surface area (Å²) in [6.07, 6.45) is 6.12. The SMILES string of the molecule is CCN(C(=O)C1CC(=O)N(c2ccc3c(c2)OCCO3)C1)C1CCCCC1. The van der Waals surface area contributed by atoms with Gasteiger partial charge in [-0.2, -0.15) is 0 Å². The van der Waals surface area contributed by atoms with Gasteiger partial charge in [-0.05, 0) is 31.9 Å². The van der Waals surface area contributed by atoms with Gasteiger partial charge in [-0.3, -0.25) is 9.59 Å². The van der Waals surface area contributed by atoms with E-state index in [9.17, 15) is 9.59 Å². The topological polar surface area (TPSA) is 59.1 Å². The van der Waals surface area contributed by atoms with Crippen molar-refractivity contribution in [3.05, 3.63) is 18.2 Å². The zero-order valence-corrected chi connectivity index (χ0v) is 16.0.